The molecule has 0 aliphatic carbocycles. The number of anilines is 2. The third-order valence-electron chi connectivity index (χ3n) is 6.86. The molecule has 1 atom stereocenters. The molecule has 184 valence electrons. The Labute approximate surface area is 202 Å². The van der Waals surface area contributed by atoms with Gasteiger partial charge in [-0.2, -0.15) is 0 Å². The summed E-state index contributed by atoms with van der Waals surface area (Å²) >= 11 is 0. The van der Waals surface area contributed by atoms with Crippen LogP contribution in [-0.4, -0.2) is 79.2 Å². The largest absolute Gasteiger partial charge is 0.379 e. The monoisotopic (exact) mass is 481 g/mol. The van der Waals surface area contributed by atoms with Crippen LogP contribution in [0.4, 0.5) is 15.8 Å². The molecule has 0 radical (unpaired) electrons. The highest BCUT2D eigenvalue weighted by Crippen LogP contribution is 2.40. The van der Waals surface area contributed by atoms with Crippen molar-refractivity contribution in [3.05, 3.63) is 46.4 Å². The summed E-state index contributed by atoms with van der Waals surface area (Å²) in [5.41, 5.74) is 3.58. The van der Waals surface area contributed by atoms with Gasteiger partial charge in [-0.15, -0.1) is 0 Å². The van der Waals surface area contributed by atoms with Gasteiger partial charge in [-0.05, 0) is 36.3 Å². The second-order valence-corrected chi connectivity index (χ2v) is 9.17. The Balaban J connectivity index is 1.36. The zero-order chi connectivity index (χ0) is 24.7. The average Bonchev–Trinajstić information content (AvgIpc) is 3.30. The van der Waals surface area contributed by atoms with E-state index in [-0.39, 0.29) is 17.5 Å². The lowest BCUT2D eigenvalue weighted by Crippen LogP contribution is -2.46. The number of rotatable bonds is 5. The number of likely N-dealkylation sites (tertiary alicyclic amines) is 1. The van der Waals surface area contributed by atoms with Gasteiger partial charge in [-0.25, -0.2) is 4.39 Å². The number of aliphatic imine (C=N–C) groups is 1. The average molecular weight is 482 g/mol. The zero-order valence-corrected chi connectivity index (χ0v) is 19.8. The third-order valence-corrected chi connectivity index (χ3v) is 6.86. The minimum Gasteiger partial charge on any atom is -0.379 e. The molecular formula is C25H28FN5O4. The number of hydrogen-bond acceptors (Lipinski definition) is 6. The zero-order valence-electron chi connectivity index (χ0n) is 19.8. The van der Waals surface area contributed by atoms with E-state index in [9.17, 15) is 18.8 Å². The predicted molar refractivity (Wildman–Crippen MR) is 129 cm³/mol. The molecule has 0 aromatic heterocycles. The SMILES string of the molecule is CC(=O)Nc1cc2c(cc1F)C(C=C1N=C3CCN(CCN4CCOCC4)C(=O)C3=C1C)C(=O)N2. The summed E-state index contributed by atoms with van der Waals surface area (Å²) < 4.78 is 20.0. The smallest absolute Gasteiger partial charge is 0.256 e. The van der Waals surface area contributed by atoms with Crippen LogP contribution >= 0.6 is 0 Å². The molecular weight excluding hydrogens is 453 g/mol. The van der Waals surface area contributed by atoms with Crippen LogP contribution in [0.5, 0.6) is 0 Å². The summed E-state index contributed by atoms with van der Waals surface area (Å²) in [6, 6.07) is 2.68. The standard InChI is InChI=1S/C25H28FN5O4/c1-14-20(12-17-16-11-18(26)22(27-15(2)32)13-21(16)29-24(17)33)28-19-3-4-31(25(34)23(14)19)6-5-30-7-9-35-10-8-30/h11-13,17H,3-10H2,1-2H3,(H,27,32)(H,29,33). The van der Waals surface area contributed by atoms with Crippen molar-refractivity contribution in [2.75, 3.05) is 56.6 Å². The number of hydrogen-bond donors (Lipinski definition) is 2. The first kappa shape index (κ1) is 23.4. The van der Waals surface area contributed by atoms with Gasteiger partial charge in [0.15, 0.2) is 0 Å². The van der Waals surface area contributed by atoms with E-state index in [1.807, 2.05) is 11.8 Å². The number of amides is 3. The number of allylic oxidation sites excluding steroid dienone is 1. The minimum absolute atomic E-state index is 0.0121. The fourth-order valence-electron chi connectivity index (χ4n) is 4.97. The molecule has 0 saturated carbocycles. The maximum absolute atomic E-state index is 14.6. The number of carbonyl (C=O) groups excluding carboxylic acids is 3. The van der Waals surface area contributed by atoms with Crippen LogP contribution in [0.2, 0.25) is 0 Å². The molecule has 9 nitrogen and oxygen atoms in total. The van der Waals surface area contributed by atoms with Crippen LogP contribution in [-0.2, 0) is 19.1 Å². The van der Waals surface area contributed by atoms with Gasteiger partial charge in [0.05, 0.1) is 41.8 Å². The summed E-state index contributed by atoms with van der Waals surface area (Å²) in [5, 5.41) is 5.17. The number of ether oxygens (including phenoxy) is 1. The number of fused-ring (bicyclic) bond motifs is 2. The molecule has 0 bridgehead atoms. The molecule has 4 heterocycles. The first-order chi connectivity index (χ1) is 16.8. The molecule has 1 aromatic carbocycles. The van der Waals surface area contributed by atoms with Gasteiger partial charge in [-0.3, -0.25) is 24.3 Å². The van der Waals surface area contributed by atoms with Crippen molar-refractivity contribution in [1.82, 2.24) is 9.80 Å². The third kappa shape index (κ3) is 4.51. The normalized spacial score (nSPS) is 23.4. The molecule has 35 heavy (non-hydrogen) atoms. The van der Waals surface area contributed by atoms with Gasteiger partial charge in [0.1, 0.15) is 5.82 Å². The van der Waals surface area contributed by atoms with Crippen molar-refractivity contribution >= 4 is 34.8 Å². The topological polar surface area (TPSA) is 103 Å². The van der Waals surface area contributed by atoms with E-state index in [1.54, 1.807) is 6.08 Å². The van der Waals surface area contributed by atoms with Gasteiger partial charge in [0.25, 0.3) is 5.91 Å². The second kappa shape index (κ2) is 9.35. The van der Waals surface area contributed by atoms with Crippen molar-refractivity contribution in [2.24, 2.45) is 4.99 Å². The fourth-order valence-corrected chi connectivity index (χ4v) is 4.97. The highest BCUT2D eigenvalue weighted by molar-refractivity contribution is 6.26. The quantitative estimate of drug-likeness (QED) is 0.670. The summed E-state index contributed by atoms with van der Waals surface area (Å²) in [4.78, 5) is 46.1. The molecule has 3 amide bonds. The molecule has 2 fully saturated rings. The van der Waals surface area contributed by atoms with E-state index in [0.29, 0.717) is 42.0 Å². The van der Waals surface area contributed by atoms with Crippen LogP contribution in [0, 0.1) is 5.82 Å². The van der Waals surface area contributed by atoms with Crippen LogP contribution in [0.3, 0.4) is 0 Å². The number of nitrogens with one attached hydrogen (secondary N) is 2. The van der Waals surface area contributed by atoms with Gasteiger partial charge in [-0.1, -0.05) is 0 Å². The van der Waals surface area contributed by atoms with Crippen molar-refractivity contribution in [2.45, 2.75) is 26.2 Å². The van der Waals surface area contributed by atoms with Crippen LogP contribution < -0.4 is 10.6 Å². The lowest BCUT2D eigenvalue weighted by molar-refractivity contribution is -0.127. The molecule has 10 heteroatoms. The lowest BCUT2D eigenvalue weighted by Gasteiger charge is -2.32. The molecule has 5 rings (SSSR count). The Morgan fingerprint density at radius 2 is 2.03 bits per heavy atom. The molecule has 0 spiro atoms. The van der Waals surface area contributed by atoms with Crippen LogP contribution in [0.15, 0.2) is 40.0 Å². The molecule has 2 N–H and O–H groups in total. The van der Waals surface area contributed by atoms with Crippen LogP contribution in [0.25, 0.3) is 0 Å². The van der Waals surface area contributed by atoms with E-state index in [1.165, 1.54) is 19.1 Å². The number of benzene rings is 1. The summed E-state index contributed by atoms with van der Waals surface area (Å²) in [7, 11) is 0. The van der Waals surface area contributed by atoms with E-state index in [2.05, 4.69) is 20.5 Å². The molecule has 1 aromatic rings. The van der Waals surface area contributed by atoms with Gasteiger partial charge >= 0.3 is 0 Å². The maximum atomic E-state index is 14.6. The Morgan fingerprint density at radius 3 is 2.77 bits per heavy atom. The van der Waals surface area contributed by atoms with Gasteiger partial charge < -0.3 is 20.3 Å². The predicted octanol–water partition coefficient (Wildman–Crippen LogP) is 2.04. The molecule has 4 aliphatic heterocycles. The molecule has 2 saturated heterocycles. The lowest BCUT2D eigenvalue weighted by atomic mass is 9.95. The Hall–Kier alpha value is -3.37. The number of nitrogens with zero attached hydrogens (tertiary/aromatic N) is 3. The van der Waals surface area contributed by atoms with E-state index in [4.69, 9.17) is 4.74 Å². The van der Waals surface area contributed by atoms with Crippen molar-refractivity contribution in [1.29, 1.82) is 0 Å². The summed E-state index contributed by atoms with van der Waals surface area (Å²) in [6.07, 6.45) is 2.35. The minimum atomic E-state index is -0.742. The number of piperidine rings is 1. The Kier molecular flexibility index (Phi) is 6.24. The number of morpholine rings is 1. The van der Waals surface area contributed by atoms with Gasteiger partial charge in [0.2, 0.25) is 11.8 Å². The number of halogens is 1. The van der Waals surface area contributed by atoms with E-state index < -0.39 is 17.6 Å². The molecule has 1 unspecified atom stereocenters. The van der Waals surface area contributed by atoms with Crippen LogP contribution in [0.1, 0.15) is 31.7 Å². The first-order valence-electron chi connectivity index (χ1n) is 11.8. The Morgan fingerprint density at radius 1 is 1.26 bits per heavy atom. The van der Waals surface area contributed by atoms with Gasteiger partial charge in [0, 0.05) is 51.8 Å². The number of carbonyl (C=O) groups is 3. The fraction of sp³-hybridized carbons (Fsp3) is 0.440. The Bertz CT molecular complexity index is 1200. The van der Waals surface area contributed by atoms with Crippen molar-refractivity contribution in [3.8, 4) is 0 Å². The second-order valence-electron chi connectivity index (χ2n) is 9.17. The first-order valence-corrected chi connectivity index (χ1v) is 11.8. The highest BCUT2D eigenvalue weighted by Gasteiger charge is 2.36. The van der Waals surface area contributed by atoms with E-state index >= 15 is 0 Å². The maximum Gasteiger partial charge on any atom is 0.256 e. The summed E-state index contributed by atoms with van der Waals surface area (Å²) in [5.74, 6) is -2.10. The van der Waals surface area contributed by atoms with Crippen molar-refractivity contribution < 1.29 is 23.5 Å². The molecule has 4 aliphatic rings. The highest BCUT2D eigenvalue weighted by atomic mass is 19.1. The van der Waals surface area contributed by atoms with E-state index in [0.717, 1.165) is 44.1 Å². The van der Waals surface area contributed by atoms with Crippen molar-refractivity contribution in [3.63, 3.8) is 0 Å². The summed E-state index contributed by atoms with van der Waals surface area (Å²) in [6.45, 7) is 8.39.